The molecule has 1 fully saturated rings. The van der Waals surface area contributed by atoms with Crippen molar-refractivity contribution in [1.29, 1.82) is 0 Å². The predicted molar refractivity (Wildman–Crippen MR) is 74.1 cm³/mol. The van der Waals surface area contributed by atoms with Gasteiger partial charge >= 0.3 is 6.18 Å². The van der Waals surface area contributed by atoms with Crippen molar-refractivity contribution in [3.63, 3.8) is 0 Å². The fourth-order valence-corrected chi connectivity index (χ4v) is 3.33. The summed E-state index contributed by atoms with van der Waals surface area (Å²) in [5, 5.41) is 0. The lowest BCUT2D eigenvalue weighted by Gasteiger charge is -2.29. The smallest absolute Gasteiger partial charge is 0.171 e. The molecule has 0 heterocycles. The molecule has 19 heavy (non-hydrogen) atoms. The number of halogens is 3. The first kappa shape index (κ1) is 16.8. The lowest BCUT2D eigenvalue weighted by atomic mass is 9.77. The van der Waals surface area contributed by atoms with Crippen LogP contribution in [0.5, 0.6) is 0 Å². The maximum absolute atomic E-state index is 12.2. The summed E-state index contributed by atoms with van der Waals surface area (Å²) in [4.78, 5) is 0. The maximum atomic E-state index is 12.2. The molecule has 0 radical (unpaired) electrons. The van der Waals surface area contributed by atoms with Gasteiger partial charge in [-0.25, -0.2) is 0 Å². The lowest BCUT2D eigenvalue weighted by Crippen LogP contribution is -2.18. The summed E-state index contributed by atoms with van der Waals surface area (Å²) in [6.45, 7) is 2.21. The van der Waals surface area contributed by atoms with Crippen molar-refractivity contribution in [2.75, 3.05) is 0 Å². The standard InChI is InChI=1S/C16H29F3/c1-2-3-4-5-6-8-14-9-7-10-15(13-14)11-12-16(17,18)19/h14-15H,2-13H2,1H3. The first-order valence-electron chi connectivity index (χ1n) is 8.08. The first-order valence-corrected chi connectivity index (χ1v) is 8.08. The summed E-state index contributed by atoms with van der Waals surface area (Å²) in [5.41, 5.74) is 0. The molecule has 0 nitrogen and oxygen atoms in total. The van der Waals surface area contributed by atoms with E-state index in [0.717, 1.165) is 19.3 Å². The first-order chi connectivity index (χ1) is 9.01. The molecule has 0 amide bonds. The van der Waals surface area contributed by atoms with Crippen molar-refractivity contribution in [3.8, 4) is 0 Å². The van der Waals surface area contributed by atoms with Gasteiger partial charge in [0.05, 0.1) is 0 Å². The Balaban J connectivity index is 2.12. The third-order valence-corrected chi connectivity index (χ3v) is 4.44. The van der Waals surface area contributed by atoms with E-state index in [9.17, 15) is 13.2 Å². The van der Waals surface area contributed by atoms with E-state index in [1.54, 1.807) is 0 Å². The second-order valence-electron chi connectivity index (χ2n) is 6.26. The average Bonchev–Trinajstić information content (AvgIpc) is 2.36. The van der Waals surface area contributed by atoms with Gasteiger partial charge in [0.1, 0.15) is 0 Å². The van der Waals surface area contributed by atoms with Crippen molar-refractivity contribution in [1.82, 2.24) is 0 Å². The second kappa shape index (κ2) is 8.86. The molecule has 0 N–H and O–H groups in total. The van der Waals surface area contributed by atoms with Crippen molar-refractivity contribution in [2.45, 2.75) is 90.1 Å². The van der Waals surface area contributed by atoms with Gasteiger partial charge < -0.3 is 0 Å². The molecule has 0 aliphatic heterocycles. The summed E-state index contributed by atoms with van der Waals surface area (Å²) in [6, 6.07) is 0. The van der Waals surface area contributed by atoms with Gasteiger partial charge in [-0.3, -0.25) is 0 Å². The largest absolute Gasteiger partial charge is 0.389 e. The van der Waals surface area contributed by atoms with E-state index in [1.165, 1.54) is 44.9 Å². The van der Waals surface area contributed by atoms with E-state index in [1.807, 2.05) is 0 Å². The summed E-state index contributed by atoms with van der Waals surface area (Å²) in [5.74, 6) is 1.03. The van der Waals surface area contributed by atoms with E-state index in [0.29, 0.717) is 18.3 Å². The monoisotopic (exact) mass is 278 g/mol. The van der Waals surface area contributed by atoms with Gasteiger partial charge in [-0.15, -0.1) is 0 Å². The Morgan fingerprint density at radius 1 is 0.895 bits per heavy atom. The zero-order valence-electron chi connectivity index (χ0n) is 12.3. The van der Waals surface area contributed by atoms with Crippen molar-refractivity contribution in [2.24, 2.45) is 11.8 Å². The van der Waals surface area contributed by atoms with Crippen LogP contribution in [0.3, 0.4) is 0 Å². The normalized spacial score (nSPS) is 24.6. The zero-order chi connectivity index (χ0) is 14.1. The van der Waals surface area contributed by atoms with Gasteiger partial charge in [-0.05, 0) is 24.7 Å². The highest BCUT2D eigenvalue weighted by molar-refractivity contribution is 4.74. The Kier molecular flexibility index (Phi) is 7.86. The van der Waals surface area contributed by atoms with Crippen LogP contribution in [0, 0.1) is 11.8 Å². The van der Waals surface area contributed by atoms with Crippen LogP contribution in [-0.2, 0) is 0 Å². The van der Waals surface area contributed by atoms with Gasteiger partial charge in [0.2, 0.25) is 0 Å². The third kappa shape index (κ3) is 8.54. The minimum absolute atomic E-state index is 0.330. The Bertz CT molecular complexity index is 223. The van der Waals surface area contributed by atoms with Gasteiger partial charge in [0.25, 0.3) is 0 Å². The van der Waals surface area contributed by atoms with Crippen LogP contribution in [0.2, 0.25) is 0 Å². The van der Waals surface area contributed by atoms with E-state index in [4.69, 9.17) is 0 Å². The van der Waals surface area contributed by atoms with E-state index >= 15 is 0 Å². The topological polar surface area (TPSA) is 0 Å². The zero-order valence-corrected chi connectivity index (χ0v) is 12.3. The SMILES string of the molecule is CCCCCCCC1CCCC(CCC(F)(F)F)C1. The Labute approximate surface area is 116 Å². The van der Waals surface area contributed by atoms with Crippen LogP contribution in [-0.4, -0.2) is 6.18 Å². The lowest BCUT2D eigenvalue weighted by molar-refractivity contribution is -0.138. The van der Waals surface area contributed by atoms with Crippen LogP contribution >= 0.6 is 0 Å². The molecule has 0 aromatic carbocycles. The number of alkyl halides is 3. The third-order valence-electron chi connectivity index (χ3n) is 4.44. The molecule has 2 atom stereocenters. The molecule has 0 aromatic rings. The van der Waals surface area contributed by atoms with Gasteiger partial charge in [0.15, 0.2) is 0 Å². The van der Waals surface area contributed by atoms with Crippen LogP contribution in [0.25, 0.3) is 0 Å². The van der Waals surface area contributed by atoms with Crippen LogP contribution in [0.1, 0.15) is 84.0 Å². The molecule has 2 unspecified atom stereocenters. The van der Waals surface area contributed by atoms with E-state index < -0.39 is 12.6 Å². The van der Waals surface area contributed by atoms with Crippen molar-refractivity contribution >= 4 is 0 Å². The minimum atomic E-state index is -3.97. The highest BCUT2D eigenvalue weighted by atomic mass is 19.4. The molecular weight excluding hydrogens is 249 g/mol. The molecule has 0 spiro atoms. The number of hydrogen-bond acceptors (Lipinski definition) is 0. The van der Waals surface area contributed by atoms with Crippen LogP contribution < -0.4 is 0 Å². The Hall–Kier alpha value is -0.210. The van der Waals surface area contributed by atoms with Gasteiger partial charge in [-0.2, -0.15) is 13.2 Å². The highest BCUT2D eigenvalue weighted by Gasteiger charge is 2.30. The Morgan fingerprint density at radius 3 is 2.16 bits per heavy atom. The molecule has 0 aromatic heterocycles. The van der Waals surface area contributed by atoms with Gasteiger partial charge in [0, 0.05) is 6.42 Å². The fourth-order valence-electron chi connectivity index (χ4n) is 3.33. The van der Waals surface area contributed by atoms with Gasteiger partial charge in [-0.1, -0.05) is 64.7 Å². The maximum Gasteiger partial charge on any atom is 0.389 e. The molecule has 1 aliphatic rings. The molecule has 1 saturated carbocycles. The van der Waals surface area contributed by atoms with Crippen LogP contribution in [0.4, 0.5) is 13.2 Å². The molecule has 1 rings (SSSR count). The molecular formula is C16H29F3. The molecule has 114 valence electrons. The molecule has 0 saturated heterocycles. The number of rotatable bonds is 8. The van der Waals surface area contributed by atoms with Crippen molar-refractivity contribution < 1.29 is 13.2 Å². The summed E-state index contributed by atoms with van der Waals surface area (Å²) in [6.07, 6.45) is 7.98. The molecule has 1 aliphatic carbocycles. The fraction of sp³-hybridized carbons (Fsp3) is 1.00. The summed E-state index contributed by atoms with van der Waals surface area (Å²) >= 11 is 0. The molecule has 3 heteroatoms. The average molecular weight is 278 g/mol. The molecule has 0 bridgehead atoms. The minimum Gasteiger partial charge on any atom is -0.171 e. The van der Waals surface area contributed by atoms with E-state index in [2.05, 4.69) is 6.92 Å². The number of unbranched alkanes of at least 4 members (excludes halogenated alkanes) is 4. The summed E-state index contributed by atoms with van der Waals surface area (Å²) < 4.78 is 36.7. The predicted octanol–water partition coefficient (Wildman–Crippen LogP) is 6.50. The second-order valence-corrected chi connectivity index (χ2v) is 6.26. The highest BCUT2D eigenvalue weighted by Crippen LogP contribution is 2.36. The Morgan fingerprint density at radius 2 is 1.53 bits per heavy atom. The van der Waals surface area contributed by atoms with E-state index in [-0.39, 0.29) is 0 Å². The number of hydrogen-bond donors (Lipinski definition) is 0. The summed E-state index contributed by atoms with van der Waals surface area (Å²) in [7, 11) is 0. The van der Waals surface area contributed by atoms with Crippen molar-refractivity contribution in [3.05, 3.63) is 0 Å². The quantitative estimate of drug-likeness (QED) is 0.445. The van der Waals surface area contributed by atoms with Crippen LogP contribution in [0.15, 0.2) is 0 Å².